The van der Waals surface area contributed by atoms with Gasteiger partial charge in [0.1, 0.15) is 6.07 Å². The second-order valence-electron chi connectivity index (χ2n) is 5.39. The summed E-state index contributed by atoms with van der Waals surface area (Å²) in [7, 11) is 0. The van der Waals surface area contributed by atoms with Gasteiger partial charge in [-0.2, -0.15) is 5.26 Å². The van der Waals surface area contributed by atoms with Crippen LogP contribution in [0.15, 0.2) is 12.1 Å². The molecule has 2 unspecified atom stereocenters. The predicted molar refractivity (Wildman–Crippen MR) is 72.8 cm³/mol. The average molecular weight is 257 g/mol. The highest BCUT2D eigenvalue weighted by atomic mass is 15.4. The molecule has 3 heterocycles. The van der Waals surface area contributed by atoms with Crippen molar-refractivity contribution >= 4 is 5.82 Å². The van der Waals surface area contributed by atoms with E-state index in [-0.39, 0.29) is 0 Å². The van der Waals surface area contributed by atoms with Gasteiger partial charge in [0.2, 0.25) is 0 Å². The second kappa shape index (κ2) is 5.14. The van der Waals surface area contributed by atoms with Crippen molar-refractivity contribution in [2.45, 2.75) is 38.3 Å². The Morgan fingerprint density at radius 3 is 2.95 bits per heavy atom. The van der Waals surface area contributed by atoms with Crippen LogP contribution in [0.4, 0.5) is 5.82 Å². The Balaban J connectivity index is 1.82. The molecule has 0 spiro atoms. The van der Waals surface area contributed by atoms with E-state index >= 15 is 0 Å². The monoisotopic (exact) mass is 257 g/mol. The van der Waals surface area contributed by atoms with E-state index in [4.69, 9.17) is 5.26 Å². The van der Waals surface area contributed by atoms with Crippen LogP contribution < -0.4 is 4.90 Å². The molecule has 0 radical (unpaired) electrons. The van der Waals surface area contributed by atoms with E-state index in [0.717, 1.165) is 25.3 Å². The summed E-state index contributed by atoms with van der Waals surface area (Å²) in [6.07, 6.45) is 3.72. The van der Waals surface area contributed by atoms with Crippen molar-refractivity contribution in [2.24, 2.45) is 0 Å². The first kappa shape index (κ1) is 12.4. The Bertz CT molecular complexity index is 478. The highest BCUT2D eigenvalue weighted by Gasteiger charge is 2.36. The van der Waals surface area contributed by atoms with Crippen molar-refractivity contribution in [1.82, 2.24) is 15.1 Å². The van der Waals surface area contributed by atoms with Gasteiger partial charge in [-0.25, -0.2) is 0 Å². The van der Waals surface area contributed by atoms with Gasteiger partial charge in [-0.05, 0) is 37.9 Å². The maximum Gasteiger partial charge on any atom is 0.163 e. The second-order valence-corrected chi connectivity index (χ2v) is 5.39. The summed E-state index contributed by atoms with van der Waals surface area (Å²) >= 11 is 0. The molecule has 0 N–H and O–H groups in total. The van der Waals surface area contributed by atoms with E-state index in [0.29, 0.717) is 17.8 Å². The van der Waals surface area contributed by atoms with Crippen molar-refractivity contribution in [1.29, 1.82) is 5.26 Å². The van der Waals surface area contributed by atoms with Crippen LogP contribution in [-0.2, 0) is 0 Å². The standard InChI is InChI=1S/C14H19N5/c1-2-12-9-18-7-3-4-13(18)10-19(12)14-6-5-11(8-15)16-17-14/h5-6,12-13H,2-4,7,9-10H2,1H3. The van der Waals surface area contributed by atoms with Crippen LogP contribution in [0.1, 0.15) is 31.9 Å². The molecule has 5 nitrogen and oxygen atoms in total. The molecular formula is C14H19N5. The third-order valence-electron chi connectivity index (χ3n) is 4.32. The van der Waals surface area contributed by atoms with Crippen molar-refractivity contribution in [3.05, 3.63) is 17.8 Å². The summed E-state index contributed by atoms with van der Waals surface area (Å²) < 4.78 is 0. The number of piperazine rings is 1. The summed E-state index contributed by atoms with van der Waals surface area (Å²) in [4.78, 5) is 4.99. The number of hydrogen-bond acceptors (Lipinski definition) is 5. The minimum absolute atomic E-state index is 0.385. The maximum absolute atomic E-state index is 8.79. The van der Waals surface area contributed by atoms with E-state index in [2.05, 4.69) is 26.9 Å². The van der Waals surface area contributed by atoms with Crippen LogP contribution in [0, 0.1) is 11.3 Å². The van der Waals surface area contributed by atoms with Crippen LogP contribution in [-0.4, -0.2) is 46.8 Å². The van der Waals surface area contributed by atoms with Gasteiger partial charge >= 0.3 is 0 Å². The minimum atomic E-state index is 0.385. The lowest BCUT2D eigenvalue weighted by molar-refractivity contribution is 0.194. The number of nitrogens with zero attached hydrogens (tertiary/aromatic N) is 5. The van der Waals surface area contributed by atoms with Crippen molar-refractivity contribution in [3.8, 4) is 6.07 Å². The minimum Gasteiger partial charge on any atom is -0.349 e. The van der Waals surface area contributed by atoms with Gasteiger partial charge in [0.25, 0.3) is 0 Å². The van der Waals surface area contributed by atoms with Gasteiger partial charge in [-0.3, -0.25) is 4.90 Å². The Morgan fingerprint density at radius 2 is 2.26 bits per heavy atom. The molecule has 0 saturated carbocycles. The molecule has 19 heavy (non-hydrogen) atoms. The topological polar surface area (TPSA) is 56.0 Å². The molecule has 100 valence electrons. The Labute approximate surface area is 113 Å². The molecule has 2 aliphatic rings. The first-order valence-electron chi connectivity index (χ1n) is 7.06. The lowest BCUT2D eigenvalue weighted by atomic mass is 10.1. The molecule has 0 amide bonds. The summed E-state index contributed by atoms with van der Waals surface area (Å²) in [5, 5.41) is 17.0. The smallest absolute Gasteiger partial charge is 0.163 e. The fourth-order valence-electron chi connectivity index (χ4n) is 3.26. The van der Waals surface area contributed by atoms with Crippen molar-refractivity contribution < 1.29 is 0 Å². The summed E-state index contributed by atoms with van der Waals surface area (Å²) in [6, 6.07) is 6.89. The third-order valence-corrected chi connectivity index (χ3v) is 4.32. The highest BCUT2D eigenvalue weighted by molar-refractivity contribution is 5.41. The molecule has 2 aliphatic heterocycles. The van der Waals surface area contributed by atoms with Gasteiger partial charge in [0.15, 0.2) is 11.5 Å². The number of fused-ring (bicyclic) bond motifs is 1. The Morgan fingerprint density at radius 1 is 1.37 bits per heavy atom. The molecule has 2 atom stereocenters. The van der Waals surface area contributed by atoms with Crippen LogP contribution in [0.2, 0.25) is 0 Å². The largest absolute Gasteiger partial charge is 0.349 e. The number of rotatable bonds is 2. The van der Waals surface area contributed by atoms with Crippen molar-refractivity contribution in [2.75, 3.05) is 24.5 Å². The molecule has 3 rings (SSSR count). The fourth-order valence-corrected chi connectivity index (χ4v) is 3.26. The molecule has 5 heteroatoms. The molecular weight excluding hydrogens is 238 g/mol. The summed E-state index contributed by atoms with van der Waals surface area (Å²) in [5.74, 6) is 0.914. The number of nitriles is 1. The number of aromatic nitrogens is 2. The van der Waals surface area contributed by atoms with Crippen LogP contribution >= 0.6 is 0 Å². The molecule has 0 bridgehead atoms. The fraction of sp³-hybridized carbons (Fsp3) is 0.643. The molecule has 2 saturated heterocycles. The van der Waals surface area contributed by atoms with Crippen molar-refractivity contribution in [3.63, 3.8) is 0 Å². The number of hydrogen-bond donors (Lipinski definition) is 0. The van der Waals surface area contributed by atoms with Crippen LogP contribution in [0.5, 0.6) is 0 Å². The van der Waals surface area contributed by atoms with Gasteiger partial charge in [-0.15, -0.1) is 10.2 Å². The molecule has 2 fully saturated rings. The normalized spacial score (nSPS) is 27.1. The molecule has 0 aliphatic carbocycles. The number of anilines is 1. The van der Waals surface area contributed by atoms with E-state index < -0.39 is 0 Å². The lowest BCUT2D eigenvalue weighted by Gasteiger charge is -2.44. The van der Waals surface area contributed by atoms with Crippen LogP contribution in [0.3, 0.4) is 0 Å². The quantitative estimate of drug-likeness (QED) is 0.802. The van der Waals surface area contributed by atoms with E-state index in [1.54, 1.807) is 6.07 Å². The SMILES string of the molecule is CCC1CN2CCCC2CN1c1ccc(C#N)nn1. The maximum atomic E-state index is 8.79. The van der Waals surface area contributed by atoms with E-state index in [1.165, 1.54) is 19.4 Å². The molecule has 1 aromatic rings. The molecule has 1 aromatic heterocycles. The first-order valence-corrected chi connectivity index (χ1v) is 7.06. The zero-order valence-electron chi connectivity index (χ0n) is 11.3. The Hall–Kier alpha value is -1.67. The highest BCUT2D eigenvalue weighted by Crippen LogP contribution is 2.28. The molecule has 0 aromatic carbocycles. The van der Waals surface area contributed by atoms with Crippen LogP contribution in [0.25, 0.3) is 0 Å². The third kappa shape index (κ3) is 2.28. The zero-order valence-corrected chi connectivity index (χ0v) is 11.3. The summed E-state index contributed by atoms with van der Waals surface area (Å²) in [6.45, 7) is 5.64. The zero-order chi connectivity index (χ0) is 13.2. The Kier molecular flexibility index (Phi) is 3.34. The van der Waals surface area contributed by atoms with Gasteiger partial charge in [-0.1, -0.05) is 6.92 Å². The predicted octanol–water partition coefficient (Wildman–Crippen LogP) is 1.41. The van der Waals surface area contributed by atoms with E-state index in [1.807, 2.05) is 12.1 Å². The first-order chi connectivity index (χ1) is 9.31. The lowest BCUT2D eigenvalue weighted by Crippen LogP contribution is -2.56. The summed E-state index contributed by atoms with van der Waals surface area (Å²) in [5.41, 5.74) is 0.385. The van der Waals surface area contributed by atoms with Gasteiger partial charge in [0.05, 0.1) is 0 Å². The average Bonchev–Trinajstić information content (AvgIpc) is 2.93. The van der Waals surface area contributed by atoms with Gasteiger partial charge in [0, 0.05) is 25.2 Å². The van der Waals surface area contributed by atoms with E-state index in [9.17, 15) is 0 Å². The van der Waals surface area contributed by atoms with Gasteiger partial charge < -0.3 is 4.90 Å².